The highest BCUT2D eigenvalue weighted by Gasteiger charge is 2.31. The highest BCUT2D eigenvalue weighted by Crippen LogP contribution is 2.25. The summed E-state index contributed by atoms with van der Waals surface area (Å²) in [5, 5.41) is 21.8. The molecule has 1 aromatic rings. The highest BCUT2D eigenvalue weighted by molar-refractivity contribution is 5.33. The Bertz CT molecular complexity index is 494. The van der Waals surface area contributed by atoms with E-state index in [1.807, 2.05) is 31.2 Å². The van der Waals surface area contributed by atoms with Gasteiger partial charge in [-0.2, -0.15) is 5.26 Å². The van der Waals surface area contributed by atoms with E-state index in [0.717, 1.165) is 24.2 Å². The van der Waals surface area contributed by atoms with Crippen LogP contribution in [-0.4, -0.2) is 29.9 Å². The Morgan fingerprint density at radius 1 is 1.43 bits per heavy atom. The first-order chi connectivity index (χ1) is 10.2. The molecule has 0 aromatic heterocycles. The second-order valence-corrected chi connectivity index (χ2v) is 5.90. The molecule has 1 aliphatic rings. The summed E-state index contributed by atoms with van der Waals surface area (Å²) in [5.74, 6) is 0.834. The lowest BCUT2D eigenvalue weighted by Crippen LogP contribution is -2.42. The molecule has 1 unspecified atom stereocenters. The number of hydrogen-bond donors (Lipinski definition) is 2. The van der Waals surface area contributed by atoms with Crippen LogP contribution in [0.3, 0.4) is 0 Å². The maximum absolute atomic E-state index is 9.31. The fraction of sp³-hybridized carbons (Fsp3) is 0.588. The van der Waals surface area contributed by atoms with E-state index in [-0.39, 0.29) is 6.61 Å². The van der Waals surface area contributed by atoms with Gasteiger partial charge in [0.2, 0.25) is 0 Å². The number of nitriles is 1. The predicted molar refractivity (Wildman–Crippen MR) is 82.1 cm³/mol. The fourth-order valence-electron chi connectivity index (χ4n) is 2.42. The Labute approximate surface area is 126 Å². The molecule has 0 saturated heterocycles. The minimum atomic E-state index is -0.449. The van der Waals surface area contributed by atoms with Crippen LogP contribution in [0.1, 0.15) is 38.2 Å². The maximum Gasteiger partial charge on any atom is 0.122 e. The van der Waals surface area contributed by atoms with E-state index in [0.29, 0.717) is 19.1 Å². The molecule has 1 atom stereocenters. The van der Waals surface area contributed by atoms with Crippen molar-refractivity contribution in [3.05, 3.63) is 29.8 Å². The van der Waals surface area contributed by atoms with Gasteiger partial charge < -0.3 is 9.84 Å². The lowest BCUT2D eigenvalue weighted by Gasteiger charge is -2.23. The van der Waals surface area contributed by atoms with E-state index in [2.05, 4.69) is 11.4 Å². The minimum absolute atomic E-state index is 0.123. The van der Waals surface area contributed by atoms with Gasteiger partial charge in [0.05, 0.1) is 12.7 Å². The third-order valence-corrected chi connectivity index (χ3v) is 3.78. The van der Waals surface area contributed by atoms with Gasteiger partial charge in [0.25, 0.3) is 0 Å². The number of benzene rings is 1. The summed E-state index contributed by atoms with van der Waals surface area (Å²) >= 11 is 0. The van der Waals surface area contributed by atoms with Crippen molar-refractivity contribution in [3.63, 3.8) is 0 Å². The molecular formula is C17H24N2O2. The van der Waals surface area contributed by atoms with Crippen LogP contribution in [0.15, 0.2) is 24.3 Å². The molecule has 1 fully saturated rings. The van der Waals surface area contributed by atoms with E-state index >= 15 is 0 Å². The third kappa shape index (κ3) is 5.04. The van der Waals surface area contributed by atoms with Crippen molar-refractivity contribution < 1.29 is 9.84 Å². The van der Waals surface area contributed by atoms with E-state index in [1.54, 1.807) is 0 Å². The van der Waals surface area contributed by atoms with Crippen LogP contribution in [0.4, 0.5) is 0 Å². The molecule has 1 aliphatic carbocycles. The van der Waals surface area contributed by atoms with Gasteiger partial charge in [-0.15, -0.1) is 0 Å². The summed E-state index contributed by atoms with van der Waals surface area (Å²) in [6.07, 6.45) is 4.58. The van der Waals surface area contributed by atoms with Crippen molar-refractivity contribution in [2.45, 2.75) is 50.6 Å². The van der Waals surface area contributed by atoms with Crippen molar-refractivity contribution in [1.29, 1.82) is 5.26 Å². The molecule has 114 valence electrons. The summed E-state index contributed by atoms with van der Waals surface area (Å²) in [7, 11) is 0. The van der Waals surface area contributed by atoms with Crippen molar-refractivity contribution >= 4 is 0 Å². The van der Waals surface area contributed by atoms with Crippen molar-refractivity contribution in [2.24, 2.45) is 0 Å². The molecule has 0 amide bonds. The van der Waals surface area contributed by atoms with Crippen LogP contribution >= 0.6 is 0 Å². The number of rotatable bonds is 9. The molecule has 1 aromatic carbocycles. The Hall–Kier alpha value is -1.57. The second-order valence-electron chi connectivity index (χ2n) is 5.90. The first kappa shape index (κ1) is 15.8. The van der Waals surface area contributed by atoms with Gasteiger partial charge >= 0.3 is 0 Å². The predicted octanol–water partition coefficient (Wildman–Crippen LogP) is 2.41. The number of aliphatic hydroxyl groups is 1. The molecule has 4 nitrogen and oxygen atoms in total. The zero-order valence-electron chi connectivity index (χ0n) is 12.6. The molecule has 0 heterocycles. The molecular weight excluding hydrogens is 264 g/mol. The van der Waals surface area contributed by atoms with Crippen LogP contribution in [-0.2, 0) is 6.42 Å². The first-order valence-electron chi connectivity index (χ1n) is 7.67. The van der Waals surface area contributed by atoms with Crippen molar-refractivity contribution in [3.8, 4) is 11.8 Å². The average molecular weight is 288 g/mol. The third-order valence-electron chi connectivity index (χ3n) is 3.78. The zero-order chi connectivity index (χ0) is 15.1. The Morgan fingerprint density at radius 3 is 2.86 bits per heavy atom. The maximum atomic E-state index is 9.31. The Kier molecular flexibility index (Phi) is 5.60. The van der Waals surface area contributed by atoms with Crippen molar-refractivity contribution in [2.75, 3.05) is 13.2 Å². The van der Waals surface area contributed by atoms with E-state index in [1.165, 1.54) is 12.8 Å². The Balaban J connectivity index is 1.77. The normalized spacial score (nSPS) is 17.0. The van der Waals surface area contributed by atoms with Crippen LogP contribution < -0.4 is 10.1 Å². The topological polar surface area (TPSA) is 65.3 Å². The van der Waals surface area contributed by atoms with Gasteiger partial charge in [-0.3, -0.25) is 5.32 Å². The number of ether oxygens (including phenoxy) is 1. The molecule has 21 heavy (non-hydrogen) atoms. The molecule has 0 radical (unpaired) electrons. The van der Waals surface area contributed by atoms with Crippen LogP contribution in [0.5, 0.6) is 5.75 Å². The quantitative estimate of drug-likeness (QED) is 0.685. The van der Waals surface area contributed by atoms with Gasteiger partial charge in [-0.1, -0.05) is 18.2 Å². The molecule has 0 bridgehead atoms. The molecule has 1 saturated carbocycles. The monoisotopic (exact) mass is 288 g/mol. The largest absolute Gasteiger partial charge is 0.493 e. The summed E-state index contributed by atoms with van der Waals surface area (Å²) in [6, 6.07) is 10.7. The van der Waals surface area contributed by atoms with Gasteiger partial charge in [0, 0.05) is 12.6 Å². The number of hydrogen-bond acceptors (Lipinski definition) is 4. The summed E-state index contributed by atoms with van der Waals surface area (Å²) in [6.45, 7) is 2.68. The fourth-order valence-corrected chi connectivity index (χ4v) is 2.42. The number of nitrogens with one attached hydrogen (secondary N) is 1. The highest BCUT2D eigenvalue weighted by atomic mass is 16.5. The summed E-state index contributed by atoms with van der Waals surface area (Å²) < 4.78 is 5.80. The lowest BCUT2D eigenvalue weighted by atomic mass is 9.98. The zero-order valence-corrected chi connectivity index (χ0v) is 12.6. The molecule has 2 rings (SSSR count). The SMILES string of the molecule is CC(C#N)(CCCOc1ccccc1CCO)NC1CC1. The molecule has 2 N–H and O–H groups in total. The van der Waals surface area contributed by atoms with Crippen LogP contribution in [0, 0.1) is 11.3 Å². The van der Waals surface area contributed by atoms with E-state index in [4.69, 9.17) is 9.84 Å². The molecule has 4 heteroatoms. The van der Waals surface area contributed by atoms with Crippen LogP contribution in [0.2, 0.25) is 0 Å². The van der Waals surface area contributed by atoms with Gasteiger partial charge in [0.15, 0.2) is 0 Å². The average Bonchev–Trinajstić information content (AvgIpc) is 3.29. The van der Waals surface area contributed by atoms with Crippen molar-refractivity contribution in [1.82, 2.24) is 5.32 Å². The number of para-hydroxylation sites is 1. The smallest absolute Gasteiger partial charge is 0.122 e. The van der Waals surface area contributed by atoms with E-state index in [9.17, 15) is 5.26 Å². The number of aliphatic hydroxyl groups excluding tert-OH is 1. The van der Waals surface area contributed by atoms with E-state index < -0.39 is 5.54 Å². The van der Waals surface area contributed by atoms with Crippen LogP contribution in [0.25, 0.3) is 0 Å². The lowest BCUT2D eigenvalue weighted by molar-refractivity contribution is 0.274. The summed E-state index contributed by atoms with van der Waals surface area (Å²) in [4.78, 5) is 0. The molecule has 0 spiro atoms. The molecule has 0 aliphatic heterocycles. The van der Waals surface area contributed by atoms with Gasteiger partial charge in [-0.25, -0.2) is 0 Å². The Morgan fingerprint density at radius 2 is 2.19 bits per heavy atom. The first-order valence-corrected chi connectivity index (χ1v) is 7.67. The minimum Gasteiger partial charge on any atom is -0.493 e. The van der Waals surface area contributed by atoms with Gasteiger partial charge in [0.1, 0.15) is 11.3 Å². The number of nitrogens with zero attached hydrogens (tertiary/aromatic N) is 1. The summed E-state index contributed by atoms with van der Waals surface area (Å²) in [5.41, 5.74) is 0.578. The van der Waals surface area contributed by atoms with Gasteiger partial charge in [-0.05, 0) is 50.7 Å². The second kappa shape index (κ2) is 7.44. The standard InChI is InChI=1S/C17H24N2O2/c1-17(13-18,19-15-7-8-15)10-4-12-21-16-6-3-2-5-14(16)9-11-20/h2-3,5-6,15,19-20H,4,7-12H2,1H3.